The van der Waals surface area contributed by atoms with Crippen LogP contribution in [0.4, 0.5) is 0 Å². The van der Waals surface area contributed by atoms with Crippen LogP contribution in [0.2, 0.25) is 0 Å². The molecule has 0 spiro atoms. The minimum Gasteiger partial charge on any atom is -0.379 e. The predicted molar refractivity (Wildman–Crippen MR) is 70.4 cm³/mol. The number of carbonyl (C=O) groups excluding carboxylic acids is 1. The molecule has 2 rings (SSSR count). The van der Waals surface area contributed by atoms with E-state index in [0.29, 0.717) is 19.3 Å². The Morgan fingerprint density at radius 2 is 2.17 bits per heavy atom. The summed E-state index contributed by atoms with van der Waals surface area (Å²) in [7, 11) is 2.12. The Morgan fingerprint density at radius 1 is 1.39 bits per heavy atom. The van der Waals surface area contributed by atoms with E-state index >= 15 is 0 Å². The van der Waals surface area contributed by atoms with Gasteiger partial charge >= 0.3 is 0 Å². The van der Waals surface area contributed by atoms with Crippen molar-refractivity contribution >= 4 is 5.91 Å². The van der Waals surface area contributed by atoms with E-state index in [9.17, 15) is 4.79 Å². The normalized spacial score (nSPS) is 33.9. The third-order valence-corrected chi connectivity index (χ3v) is 4.14. The predicted octanol–water partition coefficient (Wildman–Crippen LogP) is -0.227. The molecule has 2 aliphatic heterocycles. The van der Waals surface area contributed by atoms with Gasteiger partial charge in [0.1, 0.15) is 0 Å². The number of hydrogen-bond acceptors (Lipinski definition) is 4. The molecule has 0 aromatic rings. The fourth-order valence-electron chi connectivity index (χ4n) is 2.74. The van der Waals surface area contributed by atoms with Crippen molar-refractivity contribution in [2.75, 3.05) is 46.4 Å². The molecule has 2 heterocycles. The fraction of sp³-hybridized carbons (Fsp3) is 0.923. The largest absolute Gasteiger partial charge is 0.379 e. The maximum Gasteiger partial charge on any atom is 0.229 e. The van der Waals surface area contributed by atoms with Gasteiger partial charge in [-0.25, -0.2) is 0 Å². The third-order valence-electron chi connectivity index (χ3n) is 4.14. The lowest BCUT2D eigenvalue weighted by molar-refractivity contribution is -0.138. The molecule has 0 bridgehead atoms. The number of nitrogens with one attached hydrogen (secondary N) is 1. The zero-order valence-corrected chi connectivity index (χ0v) is 11.7. The van der Waals surface area contributed by atoms with Crippen molar-refractivity contribution in [3.63, 3.8) is 0 Å². The minimum atomic E-state index is 0.000515. The second kappa shape index (κ2) is 5.99. The second-order valence-electron chi connectivity index (χ2n) is 5.42. The Balaban J connectivity index is 1.94. The van der Waals surface area contributed by atoms with E-state index in [-0.39, 0.29) is 17.9 Å². The van der Waals surface area contributed by atoms with Crippen LogP contribution in [-0.4, -0.2) is 74.2 Å². The van der Waals surface area contributed by atoms with Crippen LogP contribution >= 0.6 is 0 Å². The number of nitrogens with zero attached hydrogens (tertiary/aromatic N) is 2. The first-order chi connectivity index (χ1) is 8.63. The molecular weight excluding hydrogens is 230 g/mol. The monoisotopic (exact) mass is 255 g/mol. The number of carbonyl (C=O) groups is 1. The molecule has 104 valence electrons. The Morgan fingerprint density at radius 3 is 2.83 bits per heavy atom. The van der Waals surface area contributed by atoms with Gasteiger partial charge in [0, 0.05) is 31.7 Å². The van der Waals surface area contributed by atoms with Gasteiger partial charge in [-0.2, -0.15) is 0 Å². The summed E-state index contributed by atoms with van der Waals surface area (Å²) in [6.45, 7) is 9.00. The number of ether oxygens (including phenoxy) is 1. The van der Waals surface area contributed by atoms with E-state index in [1.165, 1.54) is 0 Å². The van der Waals surface area contributed by atoms with Crippen molar-refractivity contribution < 1.29 is 9.53 Å². The SMILES string of the molecule is CCNC1COCC1C(=O)N1CCN(C)C(C)C1. The fourth-order valence-corrected chi connectivity index (χ4v) is 2.74. The highest BCUT2D eigenvalue weighted by Crippen LogP contribution is 2.19. The Labute approximate surface area is 109 Å². The molecule has 0 aromatic carbocycles. The molecular formula is C13H25N3O2. The lowest BCUT2D eigenvalue weighted by Gasteiger charge is -2.39. The zero-order chi connectivity index (χ0) is 13.1. The van der Waals surface area contributed by atoms with Crippen LogP contribution in [0.1, 0.15) is 13.8 Å². The quantitative estimate of drug-likeness (QED) is 0.757. The van der Waals surface area contributed by atoms with Crippen molar-refractivity contribution in [2.24, 2.45) is 5.92 Å². The van der Waals surface area contributed by atoms with Gasteiger partial charge in [0.2, 0.25) is 5.91 Å². The van der Waals surface area contributed by atoms with Gasteiger partial charge in [0.05, 0.1) is 19.1 Å². The topological polar surface area (TPSA) is 44.8 Å². The maximum atomic E-state index is 12.5. The highest BCUT2D eigenvalue weighted by atomic mass is 16.5. The summed E-state index contributed by atoms with van der Waals surface area (Å²) in [5, 5.41) is 3.35. The highest BCUT2D eigenvalue weighted by Gasteiger charge is 2.37. The van der Waals surface area contributed by atoms with Gasteiger partial charge in [-0.05, 0) is 20.5 Å². The summed E-state index contributed by atoms with van der Waals surface area (Å²) in [6.07, 6.45) is 0. The van der Waals surface area contributed by atoms with Crippen LogP contribution in [0.15, 0.2) is 0 Å². The Hall–Kier alpha value is -0.650. The number of piperazine rings is 1. The Bertz CT molecular complexity index is 298. The van der Waals surface area contributed by atoms with Gasteiger partial charge in [-0.15, -0.1) is 0 Å². The van der Waals surface area contributed by atoms with Crippen LogP contribution in [0.5, 0.6) is 0 Å². The standard InChI is InChI=1S/C13H25N3O2/c1-4-14-12-9-18-8-11(12)13(17)16-6-5-15(3)10(2)7-16/h10-12,14H,4-9H2,1-3H3. The van der Waals surface area contributed by atoms with Crippen LogP contribution in [0, 0.1) is 5.92 Å². The van der Waals surface area contributed by atoms with E-state index < -0.39 is 0 Å². The number of amides is 1. The molecule has 5 heteroatoms. The summed E-state index contributed by atoms with van der Waals surface area (Å²) in [4.78, 5) is 16.8. The molecule has 0 aliphatic carbocycles. The van der Waals surface area contributed by atoms with E-state index in [1.54, 1.807) is 0 Å². The molecule has 1 N–H and O–H groups in total. The summed E-state index contributed by atoms with van der Waals surface area (Å²) in [5.74, 6) is 0.263. The van der Waals surface area contributed by atoms with Crippen LogP contribution in [0.25, 0.3) is 0 Å². The van der Waals surface area contributed by atoms with Crippen molar-refractivity contribution in [1.29, 1.82) is 0 Å². The maximum absolute atomic E-state index is 12.5. The van der Waals surface area contributed by atoms with Crippen molar-refractivity contribution in [3.8, 4) is 0 Å². The summed E-state index contributed by atoms with van der Waals surface area (Å²) in [5.41, 5.74) is 0. The van der Waals surface area contributed by atoms with E-state index in [2.05, 4.69) is 31.1 Å². The number of rotatable bonds is 3. The number of likely N-dealkylation sites (N-methyl/N-ethyl adjacent to an activating group) is 2. The molecule has 2 fully saturated rings. The van der Waals surface area contributed by atoms with E-state index in [0.717, 1.165) is 26.2 Å². The van der Waals surface area contributed by atoms with Crippen LogP contribution in [-0.2, 0) is 9.53 Å². The molecule has 5 nitrogen and oxygen atoms in total. The highest BCUT2D eigenvalue weighted by molar-refractivity contribution is 5.80. The smallest absolute Gasteiger partial charge is 0.229 e. The van der Waals surface area contributed by atoms with Gasteiger partial charge in [0.25, 0.3) is 0 Å². The van der Waals surface area contributed by atoms with Gasteiger partial charge < -0.3 is 19.9 Å². The molecule has 3 unspecified atom stereocenters. The van der Waals surface area contributed by atoms with Crippen molar-refractivity contribution in [3.05, 3.63) is 0 Å². The molecule has 0 aromatic heterocycles. The third kappa shape index (κ3) is 2.84. The summed E-state index contributed by atoms with van der Waals surface area (Å²) >= 11 is 0. The first kappa shape index (κ1) is 13.8. The molecule has 0 saturated carbocycles. The second-order valence-corrected chi connectivity index (χ2v) is 5.42. The average Bonchev–Trinajstić information content (AvgIpc) is 2.80. The van der Waals surface area contributed by atoms with Crippen LogP contribution < -0.4 is 5.32 Å². The van der Waals surface area contributed by atoms with Crippen LogP contribution in [0.3, 0.4) is 0 Å². The summed E-state index contributed by atoms with van der Waals surface area (Å²) < 4.78 is 5.46. The first-order valence-corrected chi connectivity index (χ1v) is 6.93. The van der Waals surface area contributed by atoms with E-state index in [4.69, 9.17) is 4.74 Å². The lowest BCUT2D eigenvalue weighted by atomic mass is 10.0. The van der Waals surface area contributed by atoms with Gasteiger partial charge in [-0.1, -0.05) is 6.92 Å². The molecule has 2 saturated heterocycles. The molecule has 0 radical (unpaired) electrons. The first-order valence-electron chi connectivity index (χ1n) is 6.93. The molecule has 18 heavy (non-hydrogen) atoms. The molecule has 2 aliphatic rings. The molecule has 3 atom stereocenters. The van der Waals surface area contributed by atoms with Crippen molar-refractivity contribution in [2.45, 2.75) is 25.9 Å². The van der Waals surface area contributed by atoms with Gasteiger partial charge in [0.15, 0.2) is 0 Å². The lowest BCUT2D eigenvalue weighted by Crippen LogP contribution is -2.55. The average molecular weight is 255 g/mol. The zero-order valence-electron chi connectivity index (χ0n) is 11.7. The molecule has 1 amide bonds. The summed E-state index contributed by atoms with van der Waals surface area (Å²) in [6, 6.07) is 0.639. The number of hydrogen-bond donors (Lipinski definition) is 1. The van der Waals surface area contributed by atoms with Gasteiger partial charge in [-0.3, -0.25) is 4.79 Å². The van der Waals surface area contributed by atoms with Crippen molar-refractivity contribution in [1.82, 2.24) is 15.1 Å². The van der Waals surface area contributed by atoms with E-state index in [1.807, 2.05) is 4.90 Å². The minimum absolute atomic E-state index is 0.000515. The Kier molecular flexibility index (Phi) is 4.59.